The van der Waals surface area contributed by atoms with E-state index < -0.39 is 18.0 Å². The van der Waals surface area contributed by atoms with Gasteiger partial charge in [0.25, 0.3) is 5.91 Å². The monoisotopic (exact) mass is 378 g/mol. The van der Waals surface area contributed by atoms with E-state index >= 15 is 0 Å². The fourth-order valence-electron chi connectivity index (χ4n) is 2.94. The molecule has 1 aromatic heterocycles. The smallest absolute Gasteiger partial charge is 0.339 e. The van der Waals surface area contributed by atoms with Crippen LogP contribution in [0, 0.1) is 0 Å². The number of nitrogens with zero attached hydrogens (tertiary/aromatic N) is 1. The van der Waals surface area contributed by atoms with Crippen molar-refractivity contribution < 1.29 is 23.8 Å². The second-order valence-electron chi connectivity index (χ2n) is 6.30. The highest BCUT2D eigenvalue weighted by atomic mass is 16.6. The molecule has 2 heterocycles. The summed E-state index contributed by atoms with van der Waals surface area (Å²) in [4.78, 5) is 29.0. The first-order valence-electron chi connectivity index (χ1n) is 8.86. The maximum Gasteiger partial charge on any atom is 0.339 e. The number of hydrogen-bond acceptors (Lipinski definition) is 6. The van der Waals surface area contributed by atoms with Crippen molar-refractivity contribution in [3.05, 3.63) is 60.4 Å². The summed E-state index contributed by atoms with van der Waals surface area (Å²) in [5, 5.41) is 4.27. The van der Waals surface area contributed by atoms with Crippen LogP contribution in [0.3, 0.4) is 0 Å². The number of ether oxygens (including phenoxy) is 3. The van der Waals surface area contributed by atoms with E-state index in [-0.39, 0.29) is 0 Å². The van der Waals surface area contributed by atoms with Crippen LogP contribution >= 0.6 is 0 Å². The van der Waals surface area contributed by atoms with Gasteiger partial charge in [-0.3, -0.25) is 9.78 Å². The minimum atomic E-state index is -0.974. The lowest BCUT2D eigenvalue weighted by atomic mass is 10.1. The van der Waals surface area contributed by atoms with Crippen LogP contribution in [-0.2, 0) is 9.53 Å². The minimum absolute atomic E-state index is 0.388. The van der Waals surface area contributed by atoms with E-state index in [0.717, 1.165) is 10.8 Å². The van der Waals surface area contributed by atoms with E-state index in [0.29, 0.717) is 36.0 Å². The van der Waals surface area contributed by atoms with E-state index in [1.165, 1.54) is 6.92 Å². The number of carbonyl (C=O) groups excluding carboxylic acids is 2. The van der Waals surface area contributed by atoms with Gasteiger partial charge in [-0.1, -0.05) is 12.1 Å². The van der Waals surface area contributed by atoms with Gasteiger partial charge in [-0.2, -0.15) is 0 Å². The van der Waals surface area contributed by atoms with Crippen molar-refractivity contribution >= 4 is 28.3 Å². The fourth-order valence-corrected chi connectivity index (χ4v) is 2.94. The molecule has 4 rings (SSSR count). The Kier molecular flexibility index (Phi) is 4.80. The zero-order valence-electron chi connectivity index (χ0n) is 15.2. The molecular weight excluding hydrogens is 360 g/mol. The summed E-state index contributed by atoms with van der Waals surface area (Å²) >= 11 is 0. The first kappa shape index (κ1) is 17.8. The molecule has 28 heavy (non-hydrogen) atoms. The number of nitrogens with one attached hydrogen (secondary N) is 1. The third-order valence-electron chi connectivity index (χ3n) is 4.36. The summed E-state index contributed by atoms with van der Waals surface area (Å²) in [5.41, 5.74) is 0.923. The van der Waals surface area contributed by atoms with E-state index in [2.05, 4.69) is 10.3 Å². The molecule has 3 aromatic rings. The van der Waals surface area contributed by atoms with Crippen molar-refractivity contribution in [1.82, 2.24) is 4.98 Å². The predicted molar refractivity (Wildman–Crippen MR) is 103 cm³/mol. The van der Waals surface area contributed by atoms with Crippen LogP contribution < -0.4 is 14.8 Å². The van der Waals surface area contributed by atoms with E-state index in [1.807, 2.05) is 6.07 Å². The van der Waals surface area contributed by atoms with Crippen molar-refractivity contribution in [2.75, 3.05) is 18.5 Å². The third kappa shape index (κ3) is 3.59. The molecule has 1 aliphatic rings. The molecule has 1 atom stereocenters. The number of pyridine rings is 1. The maximum absolute atomic E-state index is 12.6. The highest BCUT2D eigenvalue weighted by Crippen LogP contribution is 2.32. The van der Waals surface area contributed by atoms with Gasteiger partial charge in [0.2, 0.25) is 0 Å². The number of carbonyl (C=O) groups is 2. The molecule has 2 aromatic carbocycles. The van der Waals surface area contributed by atoms with Gasteiger partial charge >= 0.3 is 5.97 Å². The molecule has 0 spiro atoms. The summed E-state index contributed by atoms with van der Waals surface area (Å²) in [7, 11) is 0. The summed E-state index contributed by atoms with van der Waals surface area (Å²) in [5.74, 6) is 0.195. The Bertz CT molecular complexity index is 1040. The molecule has 1 N–H and O–H groups in total. The molecule has 0 fully saturated rings. The van der Waals surface area contributed by atoms with Crippen LogP contribution in [-0.4, -0.2) is 36.2 Å². The summed E-state index contributed by atoms with van der Waals surface area (Å²) < 4.78 is 16.3. The van der Waals surface area contributed by atoms with Crippen LogP contribution in [0.25, 0.3) is 10.8 Å². The minimum Gasteiger partial charge on any atom is -0.486 e. The van der Waals surface area contributed by atoms with E-state index in [9.17, 15) is 9.59 Å². The number of hydrogen-bond donors (Lipinski definition) is 1. The Labute approximate surface area is 161 Å². The summed E-state index contributed by atoms with van der Waals surface area (Å²) in [6.45, 7) is 2.48. The number of amides is 1. The average Bonchev–Trinajstić information content (AvgIpc) is 2.73. The van der Waals surface area contributed by atoms with Gasteiger partial charge in [0.15, 0.2) is 17.6 Å². The highest BCUT2D eigenvalue weighted by molar-refractivity contribution is 6.05. The molecule has 1 amide bonds. The second kappa shape index (κ2) is 7.56. The molecule has 0 bridgehead atoms. The molecule has 0 radical (unpaired) electrons. The topological polar surface area (TPSA) is 86.8 Å². The first-order chi connectivity index (χ1) is 13.6. The molecular formula is C21H18N2O5. The molecule has 0 aliphatic carbocycles. The molecule has 7 heteroatoms. The zero-order chi connectivity index (χ0) is 19.5. The van der Waals surface area contributed by atoms with Crippen LogP contribution in [0.15, 0.2) is 54.9 Å². The van der Waals surface area contributed by atoms with Gasteiger partial charge in [0.1, 0.15) is 13.2 Å². The van der Waals surface area contributed by atoms with Crippen molar-refractivity contribution in [2.45, 2.75) is 13.0 Å². The van der Waals surface area contributed by atoms with Crippen LogP contribution in [0.4, 0.5) is 5.69 Å². The number of rotatable bonds is 4. The third-order valence-corrected chi connectivity index (χ3v) is 4.36. The lowest BCUT2D eigenvalue weighted by Crippen LogP contribution is -2.30. The largest absolute Gasteiger partial charge is 0.486 e. The van der Waals surface area contributed by atoms with Gasteiger partial charge in [-0.05, 0) is 36.6 Å². The number of esters is 1. The number of benzene rings is 2. The maximum atomic E-state index is 12.6. The normalized spacial score (nSPS) is 13.6. The van der Waals surface area contributed by atoms with Crippen molar-refractivity contribution in [3.63, 3.8) is 0 Å². The molecule has 0 unspecified atom stereocenters. The van der Waals surface area contributed by atoms with Gasteiger partial charge < -0.3 is 19.5 Å². The Morgan fingerprint density at radius 2 is 1.93 bits per heavy atom. The van der Waals surface area contributed by atoms with E-state index in [4.69, 9.17) is 14.2 Å². The number of aromatic nitrogens is 1. The second-order valence-corrected chi connectivity index (χ2v) is 6.30. The van der Waals surface area contributed by atoms with Crippen molar-refractivity contribution in [3.8, 4) is 11.5 Å². The molecule has 0 saturated carbocycles. The van der Waals surface area contributed by atoms with Crippen LogP contribution in [0.2, 0.25) is 0 Å². The van der Waals surface area contributed by atoms with Gasteiger partial charge in [-0.15, -0.1) is 0 Å². The molecule has 0 saturated heterocycles. The predicted octanol–water partition coefficient (Wildman–Crippen LogP) is 3.19. The van der Waals surface area contributed by atoms with Crippen LogP contribution in [0.5, 0.6) is 11.5 Å². The number of fused-ring (bicyclic) bond motifs is 2. The number of anilines is 1. The summed E-state index contributed by atoms with van der Waals surface area (Å²) in [6.07, 6.45) is 2.30. The Hall–Kier alpha value is -3.61. The molecule has 7 nitrogen and oxygen atoms in total. The lowest BCUT2D eigenvalue weighted by molar-refractivity contribution is -0.123. The SMILES string of the molecule is C[C@@H](OC(=O)c1cccc2cnccc12)C(=O)Nc1ccc2c(c1)OCCO2. The van der Waals surface area contributed by atoms with Crippen LogP contribution in [0.1, 0.15) is 17.3 Å². The van der Waals surface area contributed by atoms with Gasteiger partial charge in [-0.25, -0.2) is 4.79 Å². The van der Waals surface area contributed by atoms with Crippen molar-refractivity contribution in [1.29, 1.82) is 0 Å². The Morgan fingerprint density at radius 1 is 1.11 bits per heavy atom. The Morgan fingerprint density at radius 3 is 2.79 bits per heavy atom. The highest BCUT2D eigenvalue weighted by Gasteiger charge is 2.21. The average molecular weight is 378 g/mol. The lowest BCUT2D eigenvalue weighted by Gasteiger charge is -2.19. The standard InChI is InChI=1S/C21H18N2O5/c1-13(20(24)23-15-5-6-18-19(11-15)27-10-9-26-18)28-21(25)17-4-2-3-14-12-22-8-7-16(14)17/h2-8,11-13H,9-10H2,1H3,(H,23,24)/t13-/m1/s1. The Balaban J connectivity index is 1.45. The van der Waals surface area contributed by atoms with Gasteiger partial charge in [0.05, 0.1) is 5.56 Å². The quantitative estimate of drug-likeness (QED) is 0.702. The molecule has 142 valence electrons. The van der Waals surface area contributed by atoms with E-state index in [1.54, 1.807) is 48.8 Å². The van der Waals surface area contributed by atoms with Crippen molar-refractivity contribution in [2.24, 2.45) is 0 Å². The first-order valence-corrected chi connectivity index (χ1v) is 8.86. The zero-order valence-corrected chi connectivity index (χ0v) is 15.2. The molecule has 1 aliphatic heterocycles. The fraction of sp³-hybridized carbons (Fsp3) is 0.190. The van der Waals surface area contributed by atoms with Gasteiger partial charge in [0, 0.05) is 29.5 Å². The summed E-state index contributed by atoms with van der Waals surface area (Å²) in [6, 6.07) is 12.1.